The van der Waals surface area contributed by atoms with Gasteiger partial charge in [-0.15, -0.1) is 10.2 Å². The number of unbranched alkanes of at least 4 members (excludes halogenated alkanes) is 1. The van der Waals surface area contributed by atoms with E-state index in [0.29, 0.717) is 37.8 Å². The summed E-state index contributed by atoms with van der Waals surface area (Å²) in [6.07, 6.45) is 1.67. The third-order valence-corrected chi connectivity index (χ3v) is 5.23. The number of nitrogens with zero attached hydrogens (tertiary/aromatic N) is 4. The Kier molecular flexibility index (Phi) is 7.71. The van der Waals surface area contributed by atoms with Crippen LogP contribution in [0, 0.1) is 6.92 Å². The summed E-state index contributed by atoms with van der Waals surface area (Å²) in [4.78, 5) is 16.7. The molecule has 0 radical (unpaired) electrons. The van der Waals surface area contributed by atoms with E-state index >= 15 is 0 Å². The first kappa shape index (κ1) is 23.2. The number of hydrogen-bond acceptors (Lipinski definition) is 7. The second-order valence-corrected chi connectivity index (χ2v) is 7.74. The number of para-hydroxylation sites is 1. The number of anilines is 2. The summed E-state index contributed by atoms with van der Waals surface area (Å²) in [5, 5.41) is 17.6. The molecule has 0 spiro atoms. The molecule has 10 nitrogen and oxygen atoms in total. The van der Waals surface area contributed by atoms with Crippen molar-refractivity contribution in [2.24, 2.45) is 0 Å². The second kappa shape index (κ2) is 11.3. The number of benzene rings is 2. The van der Waals surface area contributed by atoms with Crippen molar-refractivity contribution in [3.05, 3.63) is 54.4 Å². The number of rotatable bonds is 11. The average molecular weight is 464 g/mol. The van der Waals surface area contributed by atoms with Gasteiger partial charge in [0, 0.05) is 32.0 Å². The van der Waals surface area contributed by atoms with E-state index in [-0.39, 0.29) is 6.03 Å². The molecule has 0 saturated carbocycles. The first-order valence-electron chi connectivity index (χ1n) is 11.3. The zero-order chi connectivity index (χ0) is 23.8. The fraction of sp³-hybridized carbons (Fsp3) is 0.333. The van der Waals surface area contributed by atoms with Crippen LogP contribution in [0.15, 0.2) is 48.5 Å². The SMILES string of the molecule is COCCOc1ccc2c(c1)nc(NCCCCNC(=O)Nc1ccccc1)c1nnc(C)n12. The van der Waals surface area contributed by atoms with Gasteiger partial charge < -0.3 is 25.4 Å². The van der Waals surface area contributed by atoms with Gasteiger partial charge in [0.15, 0.2) is 5.82 Å². The largest absolute Gasteiger partial charge is 0.491 e. The highest BCUT2D eigenvalue weighted by Crippen LogP contribution is 2.25. The highest BCUT2D eigenvalue weighted by atomic mass is 16.5. The third kappa shape index (κ3) is 5.70. The number of nitrogens with one attached hydrogen (secondary N) is 3. The Morgan fingerprint density at radius 1 is 1.03 bits per heavy atom. The van der Waals surface area contributed by atoms with E-state index in [4.69, 9.17) is 14.5 Å². The number of amides is 2. The van der Waals surface area contributed by atoms with Crippen LogP contribution in [0.4, 0.5) is 16.3 Å². The molecule has 178 valence electrons. The van der Waals surface area contributed by atoms with Gasteiger partial charge in [0.2, 0.25) is 5.65 Å². The highest BCUT2D eigenvalue weighted by molar-refractivity contribution is 5.89. The molecule has 10 heteroatoms. The standard InChI is InChI=1S/C24H29N7O3/c1-17-29-30-23-22(25-12-6-7-13-26-24(32)27-18-8-4-3-5-9-18)28-20-16-19(34-15-14-33-2)10-11-21(20)31(17)23/h3-5,8-11,16H,6-7,12-15H2,1-2H3,(H,25,28)(H2,26,27,32). The molecule has 0 aliphatic rings. The van der Waals surface area contributed by atoms with Gasteiger partial charge in [0.1, 0.15) is 18.2 Å². The van der Waals surface area contributed by atoms with Crippen molar-refractivity contribution in [1.82, 2.24) is 24.9 Å². The summed E-state index contributed by atoms with van der Waals surface area (Å²) in [6.45, 7) is 4.17. The molecular weight excluding hydrogens is 434 g/mol. The zero-order valence-electron chi connectivity index (χ0n) is 19.4. The maximum atomic E-state index is 12.0. The number of ether oxygens (including phenoxy) is 2. The zero-order valence-corrected chi connectivity index (χ0v) is 19.4. The van der Waals surface area contributed by atoms with Crippen molar-refractivity contribution in [2.75, 3.05) is 44.0 Å². The fourth-order valence-corrected chi connectivity index (χ4v) is 3.56. The summed E-state index contributed by atoms with van der Waals surface area (Å²) in [5.74, 6) is 2.18. The number of methoxy groups -OCH3 is 1. The summed E-state index contributed by atoms with van der Waals surface area (Å²) in [5.41, 5.74) is 3.14. The lowest BCUT2D eigenvalue weighted by Crippen LogP contribution is -2.29. The molecule has 4 aromatic rings. The van der Waals surface area contributed by atoms with Crippen LogP contribution < -0.4 is 20.7 Å². The van der Waals surface area contributed by atoms with Crippen LogP contribution in [0.3, 0.4) is 0 Å². The molecule has 34 heavy (non-hydrogen) atoms. The van der Waals surface area contributed by atoms with Crippen molar-refractivity contribution >= 4 is 34.2 Å². The predicted molar refractivity (Wildman–Crippen MR) is 132 cm³/mol. The Hall–Kier alpha value is -3.92. The molecule has 0 aliphatic heterocycles. The monoisotopic (exact) mass is 463 g/mol. The van der Waals surface area contributed by atoms with Gasteiger partial charge in [-0.2, -0.15) is 0 Å². The molecule has 2 heterocycles. The molecule has 2 amide bonds. The van der Waals surface area contributed by atoms with Gasteiger partial charge in [0.25, 0.3) is 0 Å². The van der Waals surface area contributed by atoms with Crippen LogP contribution in [0.2, 0.25) is 0 Å². The average Bonchev–Trinajstić information content (AvgIpc) is 3.24. The van der Waals surface area contributed by atoms with E-state index in [1.165, 1.54) is 0 Å². The Morgan fingerprint density at radius 2 is 1.85 bits per heavy atom. The van der Waals surface area contributed by atoms with Crippen LogP contribution in [-0.2, 0) is 4.74 Å². The lowest BCUT2D eigenvalue weighted by Gasteiger charge is -2.12. The molecule has 0 saturated heterocycles. The third-order valence-electron chi connectivity index (χ3n) is 5.23. The van der Waals surface area contributed by atoms with Crippen LogP contribution >= 0.6 is 0 Å². The minimum absolute atomic E-state index is 0.209. The van der Waals surface area contributed by atoms with Gasteiger partial charge in [-0.05, 0) is 44.0 Å². The van der Waals surface area contributed by atoms with Crippen LogP contribution in [0.5, 0.6) is 5.75 Å². The minimum Gasteiger partial charge on any atom is -0.491 e. The van der Waals surface area contributed by atoms with Crippen molar-refractivity contribution < 1.29 is 14.3 Å². The molecule has 4 rings (SSSR count). The quantitative estimate of drug-likeness (QED) is 0.291. The molecule has 2 aromatic heterocycles. The molecule has 3 N–H and O–H groups in total. The number of carbonyl (C=O) groups is 1. The van der Waals surface area contributed by atoms with Crippen molar-refractivity contribution in [2.45, 2.75) is 19.8 Å². The normalized spacial score (nSPS) is 11.0. The molecule has 2 aromatic carbocycles. The predicted octanol–water partition coefficient (Wildman–Crippen LogP) is 3.62. The van der Waals surface area contributed by atoms with Crippen molar-refractivity contribution in [3.63, 3.8) is 0 Å². The van der Waals surface area contributed by atoms with Gasteiger partial charge in [0.05, 0.1) is 17.6 Å². The van der Waals surface area contributed by atoms with E-state index in [0.717, 1.165) is 41.1 Å². The van der Waals surface area contributed by atoms with Gasteiger partial charge in [-0.25, -0.2) is 9.78 Å². The Labute approximate surface area is 197 Å². The first-order chi connectivity index (χ1) is 16.7. The van der Waals surface area contributed by atoms with E-state index in [9.17, 15) is 4.79 Å². The van der Waals surface area contributed by atoms with E-state index in [2.05, 4.69) is 26.1 Å². The van der Waals surface area contributed by atoms with E-state index in [1.54, 1.807) is 7.11 Å². The van der Waals surface area contributed by atoms with Crippen LogP contribution in [0.1, 0.15) is 18.7 Å². The maximum Gasteiger partial charge on any atom is 0.319 e. The number of carbonyl (C=O) groups excluding carboxylic acids is 1. The first-order valence-corrected chi connectivity index (χ1v) is 11.3. The van der Waals surface area contributed by atoms with Crippen molar-refractivity contribution in [1.29, 1.82) is 0 Å². The highest BCUT2D eigenvalue weighted by Gasteiger charge is 2.13. The summed E-state index contributed by atoms with van der Waals surface area (Å²) < 4.78 is 12.8. The number of fused-ring (bicyclic) bond motifs is 3. The molecular formula is C24H29N7O3. The molecule has 0 bridgehead atoms. The van der Waals surface area contributed by atoms with Gasteiger partial charge in [-0.3, -0.25) is 4.40 Å². The smallest absolute Gasteiger partial charge is 0.319 e. The van der Waals surface area contributed by atoms with E-state index < -0.39 is 0 Å². The Balaban J connectivity index is 1.34. The lowest BCUT2D eigenvalue weighted by atomic mass is 10.2. The second-order valence-electron chi connectivity index (χ2n) is 7.74. The summed E-state index contributed by atoms with van der Waals surface area (Å²) >= 11 is 0. The van der Waals surface area contributed by atoms with Gasteiger partial charge >= 0.3 is 6.03 Å². The lowest BCUT2D eigenvalue weighted by molar-refractivity contribution is 0.146. The molecule has 0 aliphatic carbocycles. The topological polar surface area (TPSA) is 115 Å². The molecule has 0 fully saturated rings. The Bertz CT molecular complexity index is 1240. The van der Waals surface area contributed by atoms with Crippen molar-refractivity contribution in [3.8, 4) is 5.75 Å². The number of aromatic nitrogens is 4. The maximum absolute atomic E-state index is 12.0. The number of hydrogen-bond donors (Lipinski definition) is 3. The summed E-state index contributed by atoms with van der Waals surface area (Å²) in [7, 11) is 1.64. The minimum atomic E-state index is -0.209. The number of urea groups is 1. The molecule has 0 unspecified atom stereocenters. The van der Waals surface area contributed by atoms with Gasteiger partial charge in [-0.1, -0.05) is 18.2 Å². The summed E-state index contributed by atoms with van der Waals surface area (Å²) in [6, 6.07) is 14.9. The van der Waals surface area contributed by atoms with E-state index in [1.807, 2.05) is 59.9 Å². The Morgan fingerprint density at radius 3 is 2.68 bits per heavy atom. The van der Waals surface area contributed by atoms with Crippen LogP contribution in [0.25, 0.3) is 16.7 Å². The van der Waals surface area contributed by atoms with Crippen LogP contribution in [-0.4, -0.2) is 59.0 Å². The molecule has 0 atom stereocenters. The fourth-order valence-electron chi connectivity index (χ4n) is 3.56. The number of aryl methyl sites for hydroxylation is 1.